The van der Waals surface area contributed by atoms with Crippen molar-refractivity contribution in [1.29, 1.82) is 0 Å². The Bertz CT molecular complexity index is 481. The van der Waals surface area contributed by atoms with Crippen LogP contribution in [0.15, 0.2) is 12.2 Å². The Kier molecular flexibility index (Phi) is 15.9. The van der Waals surface area contributed by atoms with Gasteiger partial charge in [0.25, 0.3) is 0 Å². The summed E-state index contributed by atoms with van der Waals surface area (Å²) in [7, 11) is 0. The van der Waals surface area contributed by atoms with Crippen LogP contribution >= 0.6 is 0 Å². The van der Waals surface area contributed by atoms with Crippen LogP contribution in [0.25, 0.3) is 0 Å². The van der Waals surface area contributed by atoms with Gasteiger partial charge < -0.3 is 29.9 Å². The van der Waals surface area contributed by atoms with Gasteiger partial charge in [0.2, 0.25) is 6.29 Å². The Hall–Kier alpha value is -0.990. The number of carbonyl (C=O) groups excluding carboxylic acids is 1. The van der Waals surface area contributed by atoms with E-state index in [0.717, 1.165) is 32.1 Å². The normalized spacial score (nSPS) is 26.4. The minimum absolute atomic E-state index is 0.202. The van der Waals surface area contributed by atoms with Crippen LogP contribution in [-0.2, 0) is 14.3 Å². The Labute approximate surface area is 187 Å². The second-order valence-corrected chi connectivity index (χ2v) is 8.52. The number of hydrogen-bond acceptors (Lipinski definition) is 7. The van der Waals surface area contributed by atoms with Crippen LogP contribution in [0.3, 0.4) is 0 Å². The standard InChI is InChI=1S/C24H44O7/c1-2-3-4-5-6-7-8-9-10-11-12-13-14-15-16-17-20(26)31-24-23(29)22(28)21(27)19(18-25)30-24/h9-10,19,21-25,27-29H,2-8,11-18H2,1H3/t19-,21-,22+,23-,24+/m1/s1. The minimum Gasteiger partial charge on any atom is -0.433 e. The fourth-order valence-corrected chi connectivity index (χ4v) is 3.69. The maximum atomic E-state index is 11.9. The number of carbonyl (C=O) groups is 1. The van der Waals surface area contributed by atoms with Crippen LogP contribution in [-0.4, -0.2) is 63.7 Å². The molecule has 1 aliphatic heterocycles. The third-order valence-electron chi connectivity index (χ3n) is 5.74. The van der Waals surface area contributed by atoms with Crippen LogP contribution in [0, 0.1) is 0 Å². The van der Waals surface area contributed by atoms with Gasteiger partial charge in [-0.25, -0.2) is 0 Å². The molecule has 1 heterocycles. The zero-order valence-corrected chi connectivity index (χ0v) is 19.2. The predicted molar refractivity (Wildman–Crippen MR) is 119 cm³/mol. The van der Waals surface area contributed by atoms with E-state index in [0.29, 0.717) is 6.42 Å². The number of aliphatic hydroxyl groups is 4. The van der Waals surface area contributed by atoms with E-state index < -0.39 is 43.3 Å². The first-order valence-corrected chi connectivity index (χ1v) is 12.2. The summed E-state index contributed by atoms with van der Waals surface area (Å²) >= 11 is 0. The van der Waals surface area contributed by atoms with Crippen molar-refractivity contribution in [3.8, 4) is 0 Å². The molecule has 1 rings (SSSR count). The predicted octanol–water partition coefficient (Wildman–Crippen LogP) is 3.37. The van der Waals surface area contributed by atoms with Gasteiger partial charge in [0.05, 0.1) is 6.61 Å². The van der Waals surface area contributed by atoms with Crippen molar-refractivity contribution >= 4 is 5.97 Å². The van der Waals surface area contributed by atoms with Gasteiger partial charge in [0, 0.05) is 6.42 Å². The lowest BCUT2D eigenvalue weighted by Crippen LogP contribution is -2.59. The van der Waals surface area contributed by atoms with E-state index in [1.165, 1.54) is 44.9 Å². The molecule has 0 amide bonds. The van der Waals surface area contributed by atoms with Crippen LogP contribution in [0.4, 0.5) is 0 Å². The molecule has 4 N–H and O–H groups in total. The van der Waals surface area contributed by atoms with Gasteiger partial charge in [-0.15, -0.1) is 0 Å². The van der Waals surface area contributed by atoms with Crippen molar-refractivity contribution in [3.63, 3.8) is 0 Å². The molecule has 182 valence electrons. The van der Waals surface area contributed by atoms with E-state index in [1.54, 1.807) is 0 Å². The number of esters is 1. The van der Waals surface area contributed by atoms with Crippen molar-refractivity contribution in [2.24, 2.45) is 0 Å². The summed E-state index contributed by atoms with van der Waals surface area (Å²) in [5.41, 5.74) is 0. The topological polar surface area (TPSA) is 116 Å². The summed E-state index contributed by atoms with van der Waals surface area (Å²) in [5, 5.41) is 38.5. The fourth-order valence-electron chi connectivity index (χ4n) is 3.69. The summed E-state index contributed by atoms with van der Waals surface area (Å²) in [6.07, 6.45) is 13.0. The third kappa shape index (κ3) is 12.0. The van der Waals surface area contributed by atoms with Gasteiger partial charge in [-0.2, -0.15) is 0 Å². The molecule has 1 fully saturated rings. The number of unbranched alkanes of at least 4 members (excludes halogenated alkanes) is 11. The summed E-state index contributed by atoms with van der Waals surface area (Å²) in [6, 6.07) is 0. The number of aliphatic hydroxyl groups excluding tert-OH is 4. The molecule has 0 spiro atoms. The molecule has 0 saturated carbocycles. The molecule has 0 aliphatic carbocycles. The Morgan fingerprint density at radius 2 is 1.35 bits per heavy atom. The molecule has 0 unspecified atom stereocenters. The molecule has 0 aromatic heterocycles. The van der Waals surface area contributed by atoms with Gasteiger partial charge in [0.1, 0.15) is 24.4 Å². The van der Waals surface area contributed by atoms with Crippen molar-refractivity contribution in [1.82, 2.24) is 0 Å². The summed E-state index contributed by atoms with van der Waals surface area (Å²) in [6.45, 7) is 1.69. The molecular weight excluding hydrogens is 400 g/mol. The number of rotatable bonds is 17. The van der Waals surface area contributed by atoms with Crippen molar-refractivity contribution < 1.29 is 34.7 Å². The van der Waals surface area contributed by atoms with E-state index in [-0.39, 0.29) is 6.42 Å². The monoisotopic (exact) mass is 444 g/mol. The van der Waals surface area contributed by atoms with Gasteiger partial charge in [-0.1, -0.05) is 70.4 Å². The van der Waals surface area contributed by atoms with Crippen LogP contribution < -0.4 is 0 Å². The fraction of sp³-hybridized carbons (Fsp3) is 0.875. The summed E-state index contributed by atoms with van der Waals surface area (Å²) in [4.78, 5) is 11.9. The maximum Gasteiger partial charge on any atom is 0.308 e. The molecule has 31 heavy (non-hydrogen) atoms. The second kappa shape index (κ2) is 17.6. The first kappa shape index (κ1) is 28.0. The zero-order valence-electron chi connectivity index (χ0n) is 19.2. The minimum atomic E-state index is -1.55. The van der Waals surface area contributed by atoms with Gasteiger partial charge in [-0.3, -0.25) is 4.79 Å². The largest absolute Gasteiger partial charge is 0.433 e. The lowest BCUT2D eigenvalue weighted by atomic mass is 9.99. The molecule has 7 nitrogen and oxygen atoms in total. The van der Waals surface area contributed by atoms with E-state index in [9.17, 15) is 20.1 Å². The molecule has 0 radical (unpaired) electrons. The molecule has 0 aromatic rings. The van der Waals surface area contributed by atoms with Crippen molar-refractivity contribution in [3.05, 3.63) is 12.2 Å². The number of allylic oxidation sites excluding steroid dienone is 2. The molecule has 0 bridgehead atoms. The Morgan fingerprint density at radius 3 is 1.94 bits per heavy atom. The molecule has 0 aromatic carbocycles. The maximum absolute atomic E-state index is 11.9. The lowest BCUT2D eigenvalue weighted by molar-refractivity contribution is -0.292. The molecule has 5 atom stereocenters. The van der Waals surface area contributed by atoms with E-state index in [1.807, 2.05) is 0 Å². The quantitative estimate of drug-likeness (QED) is 0.154. The van der Waals surface area contributed by atoms with Gasteiger partial charge in [-0.05, 0) is 32.1 Å². The Morgan fingerprint density at radius 1 is 0.806 bits per heavy atom. The van der Waals surface area contributed by atoms with Crippen molar-refractivity contribution in [2.75, 3.05) is 6.61 Å². The average Bonchev–Trinajstić information content (AvgIpc) is 2.76. The van der Waals surface area contributed by atoms with E-state index in [4.69, 9.17) is 14.6 Å². The molecule has 1 saturated heterocycles. The highest BCUT2D eigenvalue weighted by molar-refractivity contribution is 5.69. The SMILES string of the molecule is CCCCCCCCC=CCCCCCCCC(=O)O[C@@H]1O[C@H](CO)[C@@H](O)[C@H](O)[C@H]1O. The van der Waals surface area contributed by atoms with E-state index in [2.05, 4.69) is 19.1 Å². The third-order valence-corrected chi connectivity index (χ3v) is 5.74. The summed E-state index contributed by atoms with van der Waals surface area (Å²) in [5.74, 6) is -0.526. The van der Waals surface area contributed by atoms with Crippen LogP contribution in [0.5, 0.6) is 0 Å². The highest BCUT2D eigenvalue weighted by Gasteiger charge is 2.45. The highest BCUT2D eigenvalue weighted by Crippen LogP contribution is 2.22. The zero-order chi connectivity index (χ0) is 22.9. The average molecular weight is 445 g/mol. The molecule has 7 heteroatoms. The van der Waals surface area contributed by atoms with Gasteiger partial charge >= 0.3 is 5.97 Å². The Balaban J connectivity index is 1.99. The summed E-state index contributed by atoms with van der Waals surface area (Å²) < 4.78 is 10.2. The molecular formula is C24H44O7. The number of hydrogen-bond donors (Lipinski definition) is 4. The number of ether oxygens (including phenoxy) is 2. The smallest absolute Gasteiger partial charge is 0.308 e. The van der Waals surface area contributed by atoms with Gasteiger partial charge in [0.15, 0.2) is 0 Å². The highest BCUT2D eigenvalue weighted by atomic mass is 16.7. The van der Waals surface area contributed by atoms with Crippen LogP contribution in [0.2, 0.25) is 0 Å². The van der Waals surface area contributed by atoms with Crippen LogP contribution in [0.1, 0.15) is 96.8 Å². The second-order valence-electron chi connectivity index (χ2n) is 8.52. The first-order chi connectivity index (χ1) is 15.0. The first-order valence-electron chi connectivity index (χ1n) is 12.2. The van der Waals surface area contributed by atoms with E-state index >= 15 is 0 Å². The molecule has 1 aliphatic rings. The lowest BCUT2D eigenvalue weighted by Gasteiger charge is -2.39. The van der Waals surface area contributed by atoms with Crippen molar-refractivity contribution in [2.45, 2.75) is 128 Å².